The first-order valence-corrected chi connectivity index (χ1v) is 5.35. The molecule has 0 aromatic carbocycles. The Morgan fingerprint density at radius 2 is 2.50 bits per heavy atom. The van der Waals surface area contributed by atoms with E-state index in [-0.39, 0.29) is 0 Å². The van der Waals surface area contributed by atoms with Gasteiger partial charge in [-0.25, -0.2) is 0 Å². The van der Waals surface area contributed by atoms with Gasteiger partial charge in [-0.05, 0) is 40.7 Å². The highest BCUT2D eigenvalue weighted by Crippen LogP contribution is 2.34. The van der Waals surface area contributed by atoms with E-state index >= 15 is 0 Å². The third-order valence-corrected chi connectivity index (χ3v) is 3.40. The molecule has 0 bridgehead atoms. The SMILES string of the molecule is [N-]=[N+]=NCc1cnn(C2CCC2)c1Br. The fourth-order valence-corrected chi connectivity index (χ4v) is 2.09. The van der Waals surface area contributed by atoms with Gasteiger partial charge in [-0.15, -0.1) is 0 Å². The molecule has 14 heavy (non-hydrogen) atoms. The summed E-state index contributed by atoms with van der Waals surface area (Å²) in [6.07, 6.45) is 5.43. The molecule has 0 spiro atoms. The second-order valence-electron chi connectivity index (χ2n) is 3.38. The van der Waals surface area contributed by atoms with Crippen molar-refractivity contribution in [3.8, 4) is 0 Å². The predicted octanol–water partition coefficient (Wildman–Crippen LogP) is 3.18. The van der Waals surface area contributed by atoms with Gasteiger partial charge in [0.25, 0.3) is 0 Å². The molecule has 1 aromatic heterocycles. The lowest BCUT2D eigenvalue weighted by molar-refractivity contribution is 0.285. The molecule has 1 aliphatic rings. The zero-order valence-electron chi connectivity index (χ0n) is 7.60. The molecule has 0 N–H and O–H groups in total. The van der Waals surface area contributed by atoms with Crippen LogP contribution in [-0.2, 0) is 6.54 Å². The van der Waals surface area contributed by atoms with Crippen molar-refractivity contribution in [3.63, 3.8) is 0 Å². The first-order valence-electron chi connectivity index (χ1n) is 4.55. The van der Waals surface area contributed by atoms with Gasteiger partial charge >= 0.3 is 0 Å². The highest BCUT2D eigenvalue weighted by atomic mass is 79.9. The van der Waals surface area contributed by atoms with Gasteiger partial charge in [0.2, 0.25) is 0 Å². The molecule has 1 saturated carbocycles. The zero-order chi connectivity index (χ0) is 9.97. The Morgan fingerprint density at radius 1 is 1.71 bits per heavy atom. The Hall–Kier alpha value is -1.00. The molecule has 0 amide bonds. The normalized spacial score (nSPS) is 16.1. The predicted molar refractivity (Wildman–Crippen MR) is 55.7 cm³/mol. The van der Waals surface area contributed by atoms with Crippen LogP contribution in [-0.4, -0.2) is 9.78 Å². The summed E-state index contributed by atoms with van der Waals surface area (Å²) in [5.74, 6) is 0. The van der Waals surface area contributed by atoms with Crippen molar-refractivity contribution < 1.29 is 0 Å². The van der Waals surface area contributed by atoms with Crippen molar-refractivity contribution in [1.29, 1.82) is 0 Å². The van der Waals surface area contributed by atoms with Crippen molar-refractivity contribution in [2.45, 2.75) is 31.8 Å². The second kappa shape index (κ2) is 4.02. The molecule has 1 aromatic rings. The first kappa shape index (κ1) is 9.55. The van der Waals surface area contributed by atoms with Crippen LogP contribution in [0.3, 0.4) is 0 Å². The number of nitrogens with zero attached hydrogens (tertiary/aromatic N) is 5. The van der Waals surface area contributed by atoms with Crippen LogP contribution in [0.4, 0.5) is 0 Å². The second-order valence-corrected chi connectivity index (χ2v) is 4.13. The molecule has 0 radical (unpaired) electrons. The minimum absolute atomic E-state index is 0.365. The minimum Gasteiger partial charge on any atom is -0.255 e. The quantitative estimate of drug-likeness (QED) is 0.465. The number of hydrogen-bond acceptors (Lipinski definition) is 2. The molecular formula is C8H10BrN5. The summed E-state index contributed by atoms with van der Waals surface area (Å²) in [5, 5.41) is 7.79. The van der Waals surface area contributed by atoms with Crippen LogP contribution < -0.4 is 0 Å². The van der Waals surface area contributed by atoms with E-state index in [4.69, 9.17) is 5.53 Å². The molecule has 6 heteroatoms. The number of rotatable bonds is 3. The fraction of sp³-hybridized carbons (Fsp3) is 0.625. The largest absolute Gasteiger partial charge is 0.255 e. The number of azide groups is 1. The Bertz CT molecular complexity index is 375. The van der Waals surface area contributed by atoms with Crippen molar-refractivity contribution >= 4 is 15.9 Å². The van der Waals surface area contributed by atoms with E-state index < -0.39 is 0 Å². The van der Waals surface area contributed by atoms with Crippen molar-refractivity contribution in [3.05, 3.63) is 26.8 Å². The van der Waals surface area contributed by atoms with Gasteiger partial charge < -0.3 is 0 Å². The molecule has 5 nitrogen and oxygen atoms in total. The van der Waals surface area contributed by atoms with Crippen LogP contribution >= 0.6 is 15.9 Å². The zero-order valence-corrected chi connectivity index (χ0v) is 9.18. The molecule has 1 fully saturated rings. The van der Waals surface area contributed by atoms with E-state index in [1.165, 1.54) is 19.3 Å². The van der Waals surface area contributed by atoms with E-state index in [0.29, 0.717) is 12.6 Å². The maximum Gasteiger partial charge on any atom is 0.107 e. The number of aromatic nitrogens is 2. The van der Waals surface area contributed by atoms with Crippen LogP contribution in [0.25, 0.3) is 10.4 Å². The van der Waals surface area contributed by atoms with Gasteiger partial charge in [0.15, 0.2) is 0 Å². The van der Waals surface area contributed by atoms with E-state index in [1.54, 1.807) is 6.20 Å². The van der Waals surface area contributed by atoms with Crippen LogP contribution in [0.5, 0.6) is 0 Å². The number of hydrogen-bond donors (Lipinski definition) is 0. The summed E-state index contributed by atoms with van der Waals surface area (Å²) < 4.78 is 2.93. The van der Waals surface area contributed by atoms with Crippen molar-refractivity contribution in [1.82, 2.24) is 9.78 Å². The van der Waals surface area contributed by atoms with Crippen LogP contribution in [0.2, 0.25) is 0 Å². The Kier molecular flexibility index (Phi) is 2.74. The summed E-state index contributed by atoms with van der Waals surface area (Å²) in [6, 6.07) is 0.532. The highest BCUT2D eigenvalue weighted by molar-refractivity contribution is 9.10. The van der Waals surface area contributed by atoms with E-state index in [0.717, 1.165) is 10.2 Å². The van der Waals surface area contributed by atoms with Crippen LogP contribution in [0, 0.1) is 0 Å². The molecular weight excluding hydrogens is 246 g/mol. The minimum atomic E-state index is 0.365. The summed E-state index contributed by atoms with van der Waals surface area (Å²) >= 11 is 3.47. The van der Waals surface area contributed by atoms with Gasteiger partial charge in [0, 0.05) is 10.5 Å². The van der Waals surface area contributed by atoms with Crippen molar-refractivity contribution in [2.24, 2.45) is 5.11 Å². The molecule has 0 unspecified atom stereocenters. The lowest BCUT2D eigenvalue weighted by Crippen LogP contribution is -2.18. The lowest BCUT2D eigenvalue weighted by atomic mass is 9.93. The molecule has 1 heterocycles. The van der Waals surface area contributed by atoms with E-state index in [2.05, 4.69) is 31.1 Å². The topological polar surface area (TPSA) is 66.6 Å². The van der Waals surface area contributed by atoms with Gasteiger partial charge in [0.05, 0.1) is 18.8 Å². The average Bonchev–Trinajstić information content (AvgIpc) is 2.43. The van der Waals surface area contributed by atoms with Gasteiger partial charge in [-0.2, -0.15) is 5.10 Å². The monoisotopic (exact) mass is 255 g/mol. The number of halogens is 1. The van der Waals surface area contributed by atoms with Crippen LogP contribution in [0.15, 0.2) is 15.9 Å². The summed E-state index contributed by atoms with van der Waals surface area (Å²) in [6.45, 7) is 0.365. The van der Waals surface area contributed by atoms with Crippen molar-refractivity contribution in [2.75, 3.05) is 0 Å². The summed E-state index contributed by atoms with van der Waals surface area (Å²) in [4.78, 5) is 2.73. The maximum absolute atomic E-state index is 8.21. The van der Waals surface area contributed by atoms with Crippen LogP contribution in [0.1, 0.15) is 30.9 Å². The highest BCUT2D eigenvalue weighted by Gasteiger charge is 2.22. The molecule has 0 aliphatic heterocycles. The van der Waals surface area contributed by atoms with E-state index in [9.17, 15) is 0 Å². The maximum atomic E-state index is 8.21. The molecule has 0 atom stereocenters. The first-order chi connectivity index (χ1) is 6.83. The molecule has 74 valence electrons. The third-order valence-electron chi connectivity index (χ3n) is 2.53. The smallest absolute Gasteiger partial charge is 0.107 e. The third kappa shape index (κ3) is 1.63. The standard InChI is InChI=1S/C8H10BrN5/c9-8-6(4-11-13-10)5-12-14(8)7-2-1-3-7/h5,7H,1-4H2. The van der Waals surface area contributed by atoms with Gasteiger partial charge in [-0.1, -0.05) is 5.11 Å². The Balaban J connectivity index is 2.18. The lowest BCUT2D eigenvalue weighted by Gasteiger charge is -2.26. The Labute approximate surface area is 89.9 Å². The average molecular weight is 256 g/mol. The Morgan fingerprint density at radius 3 is 3.07 bits per heavy atom. The van der Waals surface area contributed by atoms with E-state index in [1.807, 2.05) is 4.68 Å². The molecule has 0 saturated heterocycles. The van der Waals surface area contributed by atoms with Gasteiger partial charge in [-0.3, -0.25) is 4.68 Å². The fourth-order valence-electron chi connectivity index (χ4n) is 1.48. The molecule has 1 aliphatic carbocycles. The summed E-state index contributed by atoms with van der Waals surface area (Å²) in [7, 11) is 0. The summed E-state index contributed by atoms with van der Waals surface area (Å²) in [5.41, 5.74) is 9.16. The van der Waals surface area contributed by atoms with Gasteiger partial charge in [0.1, 0.15) is 4.60 Å². The molecule has 2 rings (SSSR count).